The summed E-state index contributed by atoms with van der Waals surface area (Å²) in [6.07, 6.45) is 5.12. The van der Waals surface area contributed by atoms with Crippen LogP contribution in [-0.2, 0) is 0 Å². The summed E-state index contributed by atoms with van der Waals surface area (Å²) in [4.78, 5) is 0. The van der Waals surface area contributed by atoms with Crippen LogP contribution in [0.1, 0.15) is 0 Å². The molecule has 0 aromatic heterocycles. The predicted molar refractivity (Wildman–Crippen MR) is 40.7 cm³/mol. The molecule has 9 heavy (non-hydrogen) atoms. The molecule has 1 heteroatoms. The average Bonchev–Trinajstić information content (AvgIpc) is 1.91. The van der Waals surface area contributed by atoms with Crippen LogP contribution in [0.25, 0.3) is 0 Å². The van der Waals surface area contributed by atoms with Gasteiger partial charge in [-0.25, -0.2) is 0 Å². The number of terminal acetylenes is 1. The Morgan fingerprint density at radius 2 is 1.89 bits per heavy atom. The van der Waals surface area contributed by atoms with E-state index in [2.05, 4.69) is 5.54 Å². The van der Waals surface area contributed by atoms with Crippen molar-refractivity contribution >= 4 is 14.7 Å². The summed E-state index contributed by atoms with van der Waals surface area (Å²) < 4.78 is 0. The topological polar surface area (TPSA) is 0 Å². The Morgan fingerprint density at radius 3 is 2.44 bits per heavy atom. The summed E-state index contributed by atoms with van der Waals surface area (Å²) in [5.41, 5.74) is 2.61. The number of benzene rings is 1. The standard InChI is InChI=1S/C8H6Si/c1-2-9-8-6-4-3-5-7-8/h1,3-7H. The Balaban J connectivity index is 2.76. The van der Waals surface area contributed by atoms with Gasteiger partial charge in [-0.1, -0.05) is 30.3 Å². The van der Waals surface area contributed by atoms with Crippen LogP contribution in [0.4, 0.5) is 0 Å². The second-order valence-electron chi connectivity index (χ2n) is 1.64. The average molecular weight is 130 g/mol. The third kappa shape index (κ3) is 1.75. The quantitative estimate of drug-likeness (QED) is 0.386. The Labute approximate surface area is 57.7 Å². The first-order valence-corrected chi connectivity index (χ1v) is 3.70. The molecule has 0 nitrogen and oxygen atoms in total. The predicted octanol–water partition coefficient (Wildman–Crippen LogP) is 0.607. The summed E-state index contributed by atoms with van der Waals surface area (Å²) in [5, 5.41) is 1.24. The molecule has 1 aromatic rings. The molecule has 0 fully saturated rings. The van der Waals surface area contributed by atoms with Gasteiger partial charge in [-0.2, -0.15) is 0 Å². The van der Waals surface area contributed by atoms with Gasteiger partial charge < -0.3 is 0 Å². The summed E-state index contributed by atoms with van der Waals surface area (Å²) in [6, 6.07) is 10.1. The van der Waals surface area contributed by atoms with Crippen molar-refractivity contribution in [1.29, 1.82) is 0 Å². The van der Waals surface area contributed by atoms with Gasteiger partial charge in [-0.05, 0) is 5.19 Å². The van der Waals surface area contributed by atoms with Gasteiger partial charge in [0, 0.05) is 0 Å². The van der Waals surface area contributed by atoms with Crippen molar-refractivity contribution in [3.63, 3.8) is 0 Å². The minimum Gasteiger partial charge on any atom is -0.133 e. The van der Waals surface area contributed by atoms with E-state index in [1.165, 1.54) is 5.19 Å². The highest BCUT2D eigenvalue weighted by Gasteiger charge is 1.85. The van der Waals surface area contributed by atoms with Gasteiger partial charge in [0.2, 0.25) is 0 Å². The normalized spacial score (nSPS) is 8.33. The van der Waals surface area contributed by atoms with Crippen molar-refractivity contribution in [2.75, 3.05) is 0 Å². The third-order valence-corrected chi connectivity index (χ3v) is 1.76. The van der Waals surface area contributed by atoms with Crippen LogP contribution in [0, 0.1) is 12.0 Å². The molecule has 0 aliphatic heterocycles. The third-order valence-electron chi connectivity index (χ3n) is 0.990. The molecule has 0 aliphatic rings. The Hall–Kier alpha value is -1.00. The van der Waals surface area contributed by atoms with E-state index >= 15 is 0 Å². The summed E-state index contributed by atoms with van der Waals surface area (Å²) in [6.45, 7) is 0. The molecular formula is C8H6Si. The van der Waals surface area contributed by atoms with Crippen LogP contribution >= 0.6 is 0 Å². The van der Waals surface area contributed by atoms with E-state index in [9.17, 15) is 0 Å². The fourth-order valence-electron chi connectivity index (χ4n) is 0.605. The zero-order valence-corrected chi connectivity index (χ0v) is 5.96. The lowest BCUT2D eigenvalue weighted by Crippen LogP contribution is -2.10. The molecular weight excluding hydrogens is 124 g/mol. The number of rotatable bonds is 1. The molecule has 42 valence electrons. The Morgan fingerprint density at radius 1 is 1.22 bits per heavy atom. The summed E-state index contributed by atoms with van der Waals surface area (Å²) in [5.74, 6) is 0. The highest BCUT2D eigenvalue weighted by molar-refractivity contribution is 6.61. The van der Waals surface area contributed by atoms with Crippen LogP contribution in [0.3, 0.4) is 0 Å². The zero-order chi connectivity index (χ0) is 6.53. The van der Waals surface area contributed by atoms with E-state index in [1.54, 1.807) is 0 Å². The van der Waals surface area contributed by atoms with Gasteiger partial charge in [0.05, 0.1) is 0 Å². The van der Waals surface area contributed by atoms with Gasteiger partial charge in [-0.15, -0.1) is 12.0 Å². The molecule has 0 aliphatic carbocycles. The lowest BCUT2D eigenvalue weighted by Gasteiger charge is -1.87. The minimum atomic E-state index is 0.515. The second-order valence-corrected chi connectivity index (χ2v) is 2.75. The minimum absolute atomic E-state index is 0.515. The molecule has 0 spiro atoms. The van der Waals surface area contributed by atoms with E-state index in [0.29, 0.717) is 9.52 Å². The maximum atomic E-state index is 5.12. The molecule has 0 saturated carbocycles. The first-order valence-electron chi connectivity index (χ1n) is 2.70. The molecule has 1 rings (SSSR count). The summed E-state index contributed by atoms with van der Waals surface area (Å²) in [7, 11) is 0.515. The molecule has 0 saturated heterocycles. The van der Waals surface area contributed by atoms with Gasteiger partial charge in [0.1, 0.15) is 0 Å². The molecule has 0 atom stereocenters. The molecule has 0 N–H and O–H groups in total. The SMILES string of the molecule is C#C[Si]c1ccccc1. The molecule has 1 aromatic carbocycles. The molecule has 0 heterocycles. The van der Waals surface area contributed by atoms with Crippen LogP contribution in [0.15, 0.2) is 30.3 Å². The largest absolute Gasteiger partial charge is 0.186 e. The Bertz CT molecular complexity index is 208. The van der Waals surface area contributed by atoms with Crippen molar-refractivity contribution in [3.8, 4) is 12.0 Å². The zero-order valence-electron chi connectivity index (χ0n) is 4.96. The lowest BCUT2D eigenvalue weighted by molar-refractivity contribution is 1.77. The van der Waals surface area contributed by atoms with Gasteiger partial charge in [-0.3, -0.25) is 0 Å². The molecule has 0 bridgehead atoms. The second kappa shape index (κ2) is 3.11. The van der Waals surface area contributed by atoms with Crippen LogP contribution < -0.4 is 5.19 Å². The molecule has 2 radical (unpaired) electrons. The van der Waals surface area contributed by atoms with Crippen molar-refractivity contribution in [2.24, 2.45) is 0 Å². The fraction of sp³-hybridized carbons (Fsp3) is 0. The fourth-order valence-corrected chi connectivity index (χ4v) is 1.13. The monoisotopic (exact) mass is 130 g/mol. The molecule has 0 amide bonds. The van der Waals surface area contributed by atoms with Gasteiger partial charge >= 0.3 is 0 Å². The van der Waals surface area contributed by atoms with Crippen molar-refractivity contribution in [2.45, 2.75) is 0 Å². The van der Waals surface area contributed by atoms with Crippen molar-refractivity contribution in [1.82, 2.24) is 0 Å². The maximum Gasteiger partial charge on any atom is 0.186 e. The summed E-state index contributed by atoms with van der Waals surface area (Å²) >= 11 is 0. The van der Waals surface area contributed by atoms with E-state index in [4.69, 9.17) is 6.42 Å². The van der Waals surface area contributed by atoms with E-state index < -0.39 is 0 Å². The number of hydrogen-bond acceptors (Lipinski definition) is 0. The van der Waals surface area contributed by atoms with Gasteiger partial charge in [0.25, 0.3) is 0 Å². The van der Waals surface area contributed by atoms with E-state index in [-0.39, 0.29) is 0 Å². The van der Waals surface area contributed by atoms with Crippen LogP contribution in [0.5, 0.6) is 0 Å². The first kappa shape index (κ1) is 6.12. The number of hydrogen-bond donors (Lipinski definition) is 0. The highest BCUT2D eigenvalue weighted by Crippen LogP contribution is 1.79. The van der Waals surface area contributed by atoms with Crippen LogP contribution in [-0.4, -0.2) is 9.52 Å². The highest BCUT2D eigenvalue weighted by atomic mass is 28.2. The van der Waals surface area contributed by atoms with Gasteiger partial charge in [0.15, 0.2) is 9.52 Å². The maximum absolute atomic E-state index is 5.12. The first-order chi connectivity index (χ1) is 4.43. The molecule has 0 unspecified atom stereocenters. The smallest absolute Gasteiger partial charge is 0.133 e. The van der Waals surface area contributed by atoms with Crippen LogP contribution in [0.2, 0.25) is 0 Å². The van der Waals surface area contributed by atoms with E-state index in [1.807, 2.05) is 30.3 Å². The Kier molecular flexibility index (Phi) is 2.11. The van der Waals surface area contributed by atoms with E-state index in [0.717, 1.165) is 0 Å². The lowest BCUT2D eigenvalue weighted by atomic mass is 10.4. The van der Waals surface area contributed by atoms with Crippen molar-refractivity contribution in [3.05, 3.63) is 30.3 Å². The van der Waals surface area contributed by atoms with Crippen molar-refractivity contribution < 1.29 is 0 Å².